The predicted molar refractivity (Wildman–Crippen MR) is 75.7 cm³/mol. The fourth-order valence-corrected chi connectivity index (χ4v) is 4.01. The molecule has 19 heavy (non-hydrogen) atoms. The molecule has 2 saturated heterocycles. The van der Waals surface area contributed by atoms with E-state index in [1.165, 1.54) is 38.9 Å². The number of amides is 1. The molecule has 1 aliphatic carbocycles. The lowest BCUT2D eigenvalue weighted by molar-refractivity contribution is -0.134. The van der Waals surface area contributed by atoms with Crippen molar-refractivity contribution in [1.82, 2.24) is 9.80 Å². The van der Waals surface area contributed by atoms with E-state index in [-0.39, 0.29) is 12.0 Å². The average molecular weight is 265 g/mol. The van der Waals surface area contributed by atoms with E-state index in [0.29, 0.717) is 11.8 Å². The summed E-state index contributed by atoms with van der Waals surface area (Å²) in [4.78, 5) is 17.1. The van der Waals surface area contributed by atoms with E-state index >= 15 is 0 Å². The maximum absolute atomic E-state index is 12.4. The molecule has 0 spiro atoms. The standard InChI is InChI=1S/C15H27N3O/c16-14-4-3-13(9-14)15(19)18-8-5-12(11-18)10-17-6-1-2-7-17/h12-14H,1-11,16H2. The van der Waals surface area contributed by atoms with E-state index in [4.69, 9.17) is 5.73 Å². The number of carbonyl (C=O) groups excluding carboxylic acids is 1. The third-order valence-electron chi connectivity index (χ3n) is 5.14. The highest BCUT2D eigenvalue weighted by molar-refractivity contribution is 5.79. The van der Waals surface area contributed by atoms with Crippen LogP contribution in [0.3, 0.4) is 0 Å². The van der Waals surface area contributed by atoms with Crippen LogP contribution in [0.25, 0.3) is 0 Å². The van der Waals surface area contributed by atoms with Crippen LogP contribution in [-0.4, -0.2) is 54.5 Å². The number of rotatable bonds is 3. The lowest BCUT2D eigenvalue weighted by Gasteiger charge is -2.22. The summed E-state index contributed by atoms with van der Waals surface area (Å²) >= 11 is 0. The van der Waals surface area contributed by atoms with Gasteiger partial charge in [-0.1, -0.05) is 0 Å². The third-order valence-corrected chi connectivity index (χ3v) is 5.14. The molecule has 3 unspecified atom stereocenters. The van der Waals surface area contributed by atoms with Crippen LogP contribution in [0.15, 0.2) is 0 Å². The van der Waals surface area contributed by atoms with Crippen LogP contribution in [-0.2, 0) is 4.79 Å². The van der Waals surface area contributed by atoms with Crippen LogP contribution in [0.1, 0.15) is 38.5 Å². The fourth-order valence-electron chi connectivity index (χ4n) is 4.01. The van der Waals surface area contributed by atoms with Crippen LogP contribution in [0, 0.1) is 11.8 Å². The Balaban J connectivity index is 1.46. The number of carbonyl (C=O) groups is 1. The summed E-state index contributed by atoms with van der Waals surface area (Å²) in [6, 6.07) is 0.261. The van der Waals surface area contributed by atoms with Crippen molar-refractivity contribution in [2.24, 2.45) is 17.6 Å². The molecule has 3 aliphatic rings. The summed E-state index contributed by atoms with van der Waals surface area (Å²) in [7, 11) is 0. The summed E-state index contributed by atoms with van der Waals surface area (Å²) in [6.45, 7) is 5.70. The first-order valence-electron chi connectivity index (χ1n) is 7.99. The van der Waals surface area contributed by atoms with Gasteiger partial charge in [0.2, 0.25) is 5.91 Å². The molecule has 0 aromatic rings. The summed E-state index contributed by atoms with van der Waals surface area (Å²) in [5.74, 6) is 1.31. The second kappa shape index (κ2) is 5.80. The van der Waals surface area contributed by atoms with Gasteiger partial charge < -0.3 is 15.5 Å². The zero-order valence-electron chi connectivity index (χ0n) is 11.9. The van der Waals surface area contributed by atoms with Crippen LogP contribution < -0.4 is 5.73 Å². The SMILES string of the molecule is NC1CCC(C(=O)N2CCC(CN3CCCC3)C2)C1. The van der Waals surface area contributed by atoms with Gasteiger partial charge in [-0.15, -0.1) is 0 Å². The van der Waals surface area contributed by atoms with Crippen LogP contribution in [0.5, 0.6) is 0 Å². The van der Waals surface area contributed by atoms with Crippen LogP contribution in [0.2, 0.25) is 0 Å². The van der Waals surface area contributed by atoms with Crippen LogP contribution >= 0.6 is 0 Å². The third kappa shape index (κ3) is 3.11. The Morgan fingerprint density at radius 1 is 1.11 bits per heavy atom. The van der Waals surface area contributed by atoms with Gasteiger partial charge in [0, 0.05) is 31.6 Å². The molecule has 3 rings (SSSR count). The van der Waals surface area contributed by atoms with Crippen molar-refractivity contribution in [1.29, 1.82) is 0 Å². The normalized spacial score (nSPS) is 36.3. The van der Waals surface area contributed by atoms with E-state index in [1.54, 1.807) is 0 Å². The number of hydrogen-bond acceptors (Lipinski definition) is 3. The predicted octanol–water partition coefficient (Wildman–Crippen LogP) is 1.06. The van der Waals surface area contributed by atoms with Crippen molar-refractivity contribution in [2.75, 3.05) is 32.7 Å². The van der Waals surface area contributed by atoms with E-state index in [0.717, 1.165) is 32.4 Å². The van der Waals surface area contributed by atoms with E-state index in [1.807, 2.05) is 0 Å². The van der Waals surface area contributed by atoms with E-state index < -0.39 is 0 Å². The fraction of sp³-hybridized carbons (Fsp3) is 0.933. The molecule has 1 amide bonds. The molecule has 3 atom stereocenters. The van der Waals surface area contributed by atoms with Crippen molar-refractivity contribution >= 4 is 5.91 Å². The first-order chi connectivity index (χ1) is 9.22. The summed E-state index contributed by atoms with van der Waals surface area (Å²) in [6.07, 6.45) is 6.85. The molecule has 2 N–H and O–H groups in total. The largest absolute Gasteiger partial charge is 0.342 e. The highest BCUT2D eigenvalue weighted by Gasteiger charge is 2.34. The minimum absolute atomic E-state index is 0.223. The van der Waals surface area contributed by atoms with Gasteiger partial charge >= 0.3 is 0 Å². The van der Waals surface area contributed by atoms with Gasteiger partial charge in [0.05, 0.1) is 0 Å². The first-order valence-corrected chi connectivity index (χ1v) is 7.99. The maximum atomic E-state index is 12.4. The summed E-state index contributed by atoms with van der Waals surface area (Å²) in [5, 5.41) is 0. The lowest BCUT2D eigenvalue weighted by Crippen LogP contribution is -2.35. The topological polar surface area (TPSA) is 49.6 Å². The minimum Gasteiger partial charge on any atom is -0.342 e. The molecule has 0 bridgehead atoms. The Kier molecular flexibility index (Phi) is 4.08. The van der Waals surface area contributed by atoms with Crippen molar-refractivity contribution in [3.05, 3.63) is 0 Å². The number of likely N-dealkylation sites (tertiary alicyclic amines) is 2. The molecular weight excluding hydrogens is 238 g/mol. The second-order valence-corrected chi connectivity index (χ2v) is 6.72. The highest BCUT2D eigenvalue weighted by atomic mass is 16.2. The van der Waals surface area contributed by atoms with Gasteiger partial charge in [-0.05, 0) is 57.5 Å². The average Bonchev–Trinajstić information content (AvgIpc) is 3.10. The summed E-state index contributed by atoms with van der Waals surface area (Å²) < 4.78 is 0. The monoisotopic (exact) mass is 265 g/mol. The molecule has 0 radical (unpaired) electrons. The maximum Gasteiger partial charge on any atom is 0.225 e. The number of nitrogens with zero attached hydrogens (tertiary/aromatic N) is 2. The van der Waals surface area contributed by atoms with E-state index in [9.17, 15) is 4.79 Å². The van der Waals surface area contributed by atoms with Gasteiger partial charge in [-0.3, -0.25) is 4.79 Å². The quantitative estimate of drug-likeness (QED) is 0.830. The Hall–Kier alpha value is -0.610. The molecule has 1 saturated carbocycles. The zero-order valence-corrected chi connectivity index (χ0v) is 11.9. The molecule has 4 heteroatoms. The van der Waals surface area contributed by atoms with Crippen molar-refractivity contribution < 1.29 is 4.79 Å². The Morgan fingerprint density at radius 3 is 2.58 bits per heavy atom. The Labute approximate surface area is 116 Å². The Bertz CT molecular complexity index is 327. The lowest BCUT2D eigenvalue weighted by atomic mass is 10.1. The molecule has 2 heterocycles. The molecule has 3 fully saturated rings. The molecule has 2 aliphatic heterocycles. The van der Waals surface area contributed by atoms with Crippen molar-refractivity contribution in [2.45, 2.75) is 44.6 Å². The van der Waals surface area contributed by atoms with Crippen molar-refractivity contribution in [3.8, 4) is 0 Å². The Morgan fingerprint density at radius 2 is 1.89 bits per heavy atom. The molecule has 4 nitrogen and oxygen atoms in total. The molecule has 108 valence electrons. The second-order valence-electron chi connectivity index (χ2n) is 6.72. The number of hydrogen-bond donors (Lipinski definition) is 1. The van der Waals surface area contributed by atoms with Gasteiger partial charge in [-0.25, -0.2) is 0 Å². The summed E-state index contributed by atoms with van der Waals surface area (Å²) in [5.41, 5.74) is 5.92. The van der Waals surface area contributed by atoms with Gasteiger partial charge in [-0.2, -0.15) is 0 Å². The zero-order chi connectivity index (χ0) is 13.2. The van der Waals surface area contributed by atoms with E-state index in [2.05, 4.69) is 9.80 Å². The first kappa shape index (κ1) is 13.4. The van der Waals surface area contributed by atoms with Crippen LogP contribution in [0.4, 0.5) is 0 Å². The molecule has 0 aromatic heterocycles. The molecular formula is C15H27N3O. The smallest absolute Gasteiger partial charge is 0.225 e. The number of nitrogens with two attached hydrogens (primary N) is 1. The minimum atomic E-state index is 0.223. The van der Waals surface area contributed by atoms with Gasteiger partial charge in [0.1, 0.15) is 0 Å². The van der Waals surface area contributed by atoms with Crippen molar-refractivity contribution in [3.63, 3.8) is 0 Å². The van der Waals surface area contributed by atoms with Gasteiger partial charge in [0.15, 0.2) is 0 Å². The molecule has 0 aromatic carbocycles. The highest BCUT2D eigenvalue weighted by Crippen LogP contribution is 2.28. The van der Waals surface area contributed by atoms with Gasteiger partial charge in [0.25, 0.3) is 0 Å².